The Labute approximate surface area is 179 Å². The van der Waals surface area contributed by atoms with E-state index in [0.717, 1.165) is 18.5 Å². The van der Waals surface area contributed by atoms with Gasteiger partial charge in [-0.25, -0.2) is 9.78 Å². The summed E-state index contributed by atoms with van der Waals surface area (Å²) >= 11 is 0. The van der Waals surface area contributed by atoms with Gasteiger partial charge < -0.3 is 9.64 Å². The number of H-pyrrole nitrogens is 1. The molecule has 2 aliphatic rings. The molecule has 9 heteroatoms. The molecule has 166 valence electrons. The zero-order chi connectivity index (χ0) is 22.1. The molecule has 1 aliphatic heterocycles. The first-order valence-corrected chi connectivity index (χ1v) is 11.1. The number of carbonyl (C=O) groups excluding carboxylic acids is 2. The molecule has 1 amide bonds. The smallest absolute Gasteiger partial charge is 0.329 e. The largest absolute Gasteiger partial charge is 0.466 e. The highest BCUT2D eigenvalue weighted by Gasteiger charge is 2.33. The summed E-state index contributed by atoms with van der Waals surface area (Å²) < 4.78 is 6.58. The number of aromatic amines is 1. The monoisotopic (exact) mass is 428 g/mol. The molecule has 31 heavy (non-hydrogen) atoms. The van der Waals surface area contributed by atoms with Crippen molar-refractivity contribution in [3.63, 3.8) is 0 Å². The fraction of sp³-hybridized carbons (Fsp3) is 0.591. The third-order valence-electron chi connectivity index (χ3n) is 5.97. The van der Waals surface area contributed by atoms with E-state index >= 15 is 0 Å². The molecule has 2 aromatic heterocycles. The number of esters is 1. The SMILES string of the molecule is CCCn1c(=O)[nH]c(=O)c2c(C(=O)N3CCC[C@H](C(=O)OCC)C3)cc(C3CC3)nc21. The highest BCUT2D eigenvalue weighted by Crippen LogP contribution is 2.40. The van der Waals surface area contributed by atoms with Crippen LogP contribution >= 0.6 is 0 Å². The Morgan fingerprint density at radius 3 is 2.68 bits per heavy atom. The van der Waals surface area contributed by atoms with Crippen LogP contribution in [-0.2, 0) is 16.1 Å². The maximum absolute atomic E-state index is 13.5. The number of piperidine rings is 1. The number of amides is 1. The van der Waals surface area contributed by atoms with Gasteiger partial charge in [0.15, 0.2) is 5.65 Å². The van der Waals surface area contributed by atoms with Crippen molar-refractivity contribution < 1.29 is 14.3 Å². The van der Waals surface area contributed by atoms with Crippen LogP contribution in [0.15, 0.2) is 15.7 Å². The van der Waals surface area contributed by atoms with E-state index in [4.69, 9.17) is 4.74 Å². The molecule has 1 saturated heterocycles. The van der Waals surface area contributed by atoms with Gasteiger partial charge in [0.05, 0.1) is 23.5 Å². The second kappa shape index (κ2) is 8.64. The number of fused-ring (bicyclic) bond motifs is 1. The zero-order valence-electron chi connectivity index (χ0n) is 18.0. The third-order valence-corrected chi connectivity index (χ3v) is 5.97. The van der Waals surface area contributed by atoms with Crippen LogP contribution in [0.4, 0.5) is 0 Å². The van der Waals surface area contributed by atoms with Crippen LogP contribution in [0, 0.1) is 5.92 Å². The number of nitrogens with zero attached hydrogens (tertiary/aromatic N) is 3. The topological polar surface area (TPSA) is 114 Å². The molecule has 9 nitrogen and oxygen atoms in total. The zero-order valence-corrected chi connectivity index (χ0v) is 18.0. The van der Waals surface area contributed by atoms with E-state index in [1.807, 2.05) is 6.92 Å². The van der Waals surface area contributed by atoms with Crippen molar-refractivity contribution in [2.75, 3.05) is 19.7 Å². The minimum absolute atomic E-state index is 0.140. The van der Waals surface area contributed by atoms with Gasteiger partial charge in [-0.1, -0.05) is 6.92 Å². The van der Waals surface area contributed by atoms with E-state index in [1.165, 1.54) is 4.57 Å². The Balaban J connectivity index is 1.80. The number of aromatic nitrogens is 3. The lowest BCUT2D eigenvalue weighted by Crippen LogP contribution is -2.43. The van der Waals surface area contributed by atoms with Crippen LogP contribution in [0.3, 0.4) is 0 Å². The van der Waals surface area contributed by atoms with Crippen LogP contribution in [0.2, 0.25) is 0 Å². The Bertz CT molecular complexity index is 1130. The van der Waals surface area contributed by atoms with E-state index in [1.54, 1.807) is 17.9 Å². The number of carbonyl (C=O) groups is 2. The summed E-state index contributed by atoms with van der Waals surface area (Å²) in [5.41, 5.74) is 0.137. The van der Waals surface area contributed by atoms with Gasteiger partial charge in [0.25, 0.3) is 11.5 Å². The molecule has 3 heterocycles. The van der Waals surface area contributed by atoms with Crippen molar-refractivity contribution in [1.29, 1.82) is 0 Å². The normalized spacial score (nSPS) is 18.9. The van der Waals surface area contributed by atoms with E-state index in [0.29, 0.717) is 39.0 Å². The molecule has 0 bridgehead atoms. The summed E-state index contributed by atoms with van der Waals surface area (Å²) in [6.07, 6.45) is 3.99. The van der Waals surface area contributed by atoms with E-state index < -0.39 is 11.2 Å². The second-order valence-corrected chi connectivity index (χ2v) is 8.32. The Hall–Kier alpha value is -2.97. The minimum atomic E-state index is -0.607. The molecule has 1 aliphatic carbocycles. The molecule has 0 spiro atoms. The molecule has 1 atom stereocenters. The van der Waals surface area contributed by atoms with Gasteiger partial charge in [-0.15, -0.1) is 0 Å². The predicted molar refractivity (Wildman–Crippen MR) is 114 cm³/mol. The molecule has 4 rings (SSSR count). The Kier molecular flexibility index (Phi) is 5.93. The minimum Gasteiger partial charge on any atom is -0.466 e. The van der Waals surface area contributed by atoms with Gasteiger partial charge in [0.1, 0.15) is 0 Å². The van der Waals surface area contributed by atoms with Crippen molar-refractivity contribution in [3.05, 3.63) is 38.2 Å². The number of nitrogens with one attached hydrogen (secondary N) is 1. The van der Waals surface area contributed by atoms with E-state index in [9.17, 15) is 19.2 Å². The molecular formula is C22H28N4O5. The lowest BCUT2D eigenvalue weighted by atomic mass is 9.97. The molecule has 1 saturated carbocycles. The van der Waals surface area contributed by atoms with Crippen molar-refractivity contribution in [2.24, 2.45) is 5.92 Å². The first-order valence-electron chi connectivity index (χ1n) is 11.1. The average Bonchev–Trinajstić information content (AvgIpc) is 3.61. The molecular weight excluding hydrogens is 400 g/mol. The van der Waals surface area contributed by atoms with E-state index in [2.05, 4.69) is 9.97 Å². The van der Waals surface area contributed by atoms with Gasteiger partial charge in [-0.2, -0.15) is 0 Å². The molecule has 0 radical (unpaired) electrons. The van der Waals surface area contributed by atoms with Crippen LogP contribution in [-0.4, -0.2) is 51.0 Å². The summed E-state index contributed by atoms with van der Waals surface area (Å²) in [6, 6.07) is 1.70. The van der Waals surface area contributed by atoms with E-state index in [-0.39, 0.29) is 46.9 Å². The van der Waals surface area contributed by atoms with Crippen LogP contribution in [0.5, 0.6) is 0 Å². The number of hydrogen-bond donors (Lipinski definition) is 1. The summed E-state index contributed by atoms with van der Waals surface area (Å²) in [5, 5.41) is 0.140. The number of hydrogen-bond acceptors (Lipinski definition) is 6. The fourth-order valence-corrected chi connectivity index (χ4v) is 4.27. The Morgan fingerprint density at radius 2 is 2.00 bits per heavy atom. The third kappa shape index (κ3) is 4.13. The second-order valence-electron chi connectivity index (χ2n) is 8.32. The van der Waals surface area contributed by atoms with Crippen molar-refractivity contribution >= 4 is 22.9 Å². The number of likely N-dealkylation sites (tertiary alicyclic amines) is 1. The van der Waals surface area contributed by atoms with Crippen LogP contribution in [0.25, 0.3) is 11.0 Å². The highest BCUT2D eigenvalue weighted by atomic mass is 16.5. The van der Waals surface area contributed by atoms with Gasteiger partial charge in [0.2, 0.25) is 0 Å². The summed E-state index contributed by atoms with van der Waals surface area (Å²) in [4.78, 5) is 59.5. The lowest BCUT2D eigenvalue weighted by Gasteiger charge is -2.32. The molecule has 0 aromatic carbocycles. The van der Waals surface area contributed by atoms with Crippen molar-refractivity contribution in [3.8, 4) is 0 Å². The first-order chi connectivity index (χ1) is 14.9. The van der Waals surface area contributed by atoms with Crippen LogP contribution < -0.4 is 11.2 Å². The number of rotatable bonds is 6. The first kappa shape index (κ1) is 21.3. The van der Waals surface area contributed by atoms with Gasteiger partial charge in [-0.3, -0.25) is 23.9 Å². The fourth-order valence-electron chi connectivity index (χ4n) is 4.27. The van der Waals surface area contributed by atoms with Crippen molar-refractivity contribution in [1.82, 2.24) is 19.4 Å². The molecule has 1 N–H and O–H groups in total. The number of aryl methyl sites for hydroxylation is 1. The van der Waals surface area contributed by atoms with Crippen molar-refractivity contribution in [2.45, 2.75) is 58.4 Å². The average molecular weight is 428 g/mol. The van der Waals surface area contributed by atoms with Gasteiger partial charge >= 0.3 is 11.7 Å². The number of ether oxygens (including phenoxy) is 1. The Morgan fingerprint density at radius 1 is 1.23 bits per heavy atom. The van der Waals surface area contributed by atoms with Crippen LogP contribution in [0.1, 0.15) is 67.9 Å². The maximum atomic E-state index is 13.5. The summed E-state index contributed by atoms with van der Waals surface area (Å²) in [5.74, 6) is -0.734. The lowest BCUT2D eigenvalue weighted by molar-refractivity contribution is -0.149. The summed E-state index contributed by atoms with van der Waals surface area (Å²) in [6.45, 7) is 5.15. The maximum Gasteiger partial charge on any atom is 0.329 e. The van der Waals surface area contributed by atoms with Gasteiger partial charge in [0, 0.05) is 31.2 Å². The number of pyridine rings is 1. The predicted octanol–water partition coefficient (Wildman–Crippen LogP) is 1.79. The molecule has 0 unspecified atom stereocenters. The van der Waals surface area contributed by atoms with Gasteiger partial charge in [-0.05, 0) is 45.1 Å². The molecule has 2 aromatic rings. The quantitative estimate of drug-likeness (QED) is 0.702. The highest BCUT2D eigenvalue weighted by molar-refractivity contribution is 6.05. The summed E-state index contributed by atoms with van der Waals surface area (Å²) in [7, 11) is 0. The standard InChI is InChI=1S/C22H28N4O5/c1-3-9-26-18-17(19(27)24-22(26)30)15(11-16(23-18)13-7-8-13)20(28)25-10-5-6-14(12-25)21(29)31-4-2/h11,13-14H,3-10,12H2,1-2H3,(H,24,27,30)/t14-/m0/s1. The molecule has 2 fully saturated rings.